The highest BCUT2D eigenvalue weighted by Gasteiger charge is 2.18. The molecule has 1 atom stereocenters. The fourth-order valence-electron chi connectivity index (χ4n) is 1.97. The van der Waals surface area contributed by atoms with E-state index in [4.69, 9.17) is 16.7 Å². The number of carboxylic acid groups (broad SMARTS) is 1. The molecule has 0 aliphatic heterocycles. The molecule has 0 fully saturated rings. The highest BCUT2D eigenvalue weighted by molar-refractivity contribution is 6.30. The first-order valence-electron chi connectivity index (χ1n) is 6.64. The molecule has 0 heterocycles. The highest BCUT2D eigenvalue weighted by Crippen LogP contribution is 2.19. The molecule has 0 saturated carbocycles. The number of halogens is 1. The van der Waals surface area contributed by atoms with Gasteiger partial charge in [0.25, 0.3) is 0 Å². The lowest BCUT2D eigenvalue weighted by atomic mass is 10.0. The Morgan fingerprint density at radius 3 is 2.27 bits per heavy atom. The molecule has 22 heavy (non-hydrogen) atoms. The van der Waals surface area contributed by atoms with Crippen molar-refractivity contribution in [3.8, 4) is 0 Å². The molecule has 3 N–H and O–H groups in total. The van der Waals surface area contributed by atoms with Gasteiger partial charge in [-0.25, -0.2) is 4.79 Å². The summed E-state index contributed by atoms with van der Waals surface area (Å²) in [6, 6.07) is 14.5. The number of urea groups is 1. The Morgan fingerprint density at radius 1 is 1.05 bits per heavy atom. The SMILES string of the molecule is O=C(O)CC(NC(=O)Nc1ccccc1)c1ccc(Cl)cc1. The quantitative estimate of drug-likeness (QED) is 0.787. The van der Waals surface area contributed by atoms with E-state index in [9.17, 15) is 9.59 Å². The first kappa shape index (κ1) is 15.9. The van der Waals surface area contributed by atoms with Crippen LogP contribution < -0.4 is 10.6 Å². The maximum absolute atomic E-state index is 12.0. The Balaban J connectivity index is 2.07. The van der Waals surface area contributed by atoms with Gasteiger partial charge in [-0.05, 0) is 29.8 Å². The summed E-state index contributed by atoms with van der Waals surface area (Å²) in [6.45, 7) is 0. The third-order valence-corrected chi connectivity index (χ3v) is 3.24. The van der Waals surface area contributed by atoms with Crippen molar-refractivity contribution in [3.63, 3.8) is 0 Å². The number of para-hydroxylation sites is 1. The Morgan fingerprint density at radius 2 is 1.68 bits per heavy atom. The van der Waals surface area contributed by atoms with Crippen molar-refractivity contribution >= 4 is 29.3 Å². The number of aliphatic carboxylic acids is 1. The monoisotopic (exact) mass is 318 g/mol. The van der Waals surface area contributed by atoms with E-state index in [1.54, 1.807) is 48.5 Å². The number of hydrogen-bond acceptors (Lipinski definition) is 2. The summed E-state index contributed by atoms with van der Waals surface area (Å²) in [7, 11) is 0. The van der Waals surface area contributed by atoms with E-state index in [-0.39, 0.29) is 6.42 Å². The number of benzene rings is 2. The van der Waals surface area contributed by atoms with Crippen molar-refractivity contribution in [2.45, 2.75) is 12.5 Å². The summed E-state index contributed by atoms with van der Waals surface area (Å²) >= 11 is 5.82. The average Bonchev–Trinajstić information content (AvgIpc) is 2.48. The minimum atomic E-state index is -1.00. The molecular formula is C16H15ClN2O3. The predicted molar refractivity (Wildman–Crippen MR) is 85.0 cm³/mol. The second-order valence-corrected chi connectivity index (χ2v) is 5.10. The number of carboxylic acids is 1. The number of rotatable bonds is 5. The standard InChI is InChI=1S/C16H15ClN2O3/c17-12-8-6-11(7-9-12)14(10-15(20)21)19-16(22)18-13-4-2-1-3-5-13/h1-9,14H,10H2,(H,20,21)(H2,18,19,22). The van der Waals surface area contributed by atoms with Gasteiger partial charge in [0.1, 0.15) is 0 Å². The summed E-state index contributed by atoms with van der Waals surface area (Å²) in [4.78, 5) is 23.0. The molecule has 0 bridgehead atoms. The molecular weight excluding hydrogens is 304 g/mol. The third kappa shape index (κ3) is 4.79. The van der Waals surface area contributed by atoms with E-state index in [0.29, 0.717) is 16.3 Å². The zero-order valence-corrected chi connectivity index (χ0v) is 12.4. The first-order valence-corrected chi connectivity index (χ1v) is 7.02. The molecule has 1 unspecified atom stereocenters. The van der Waals surface area contributed by atoms with E-state index >= 15 is 0 Å². The number of carbonyl (C=O) groups is 2. The van der Waals surface area contributed by atoms with Crippen LogP contribution in [0.2, 0.25) is 5.02 Å². The Labute approximate surface area is 132 Å². The van der Waals surface area contributed by atoms with Crippen LogP contribution in [0.15, 0.2) is 54.6 Å². The van der Waals surface area contributed by atoms with Crippen LogP contribution in [0.3, 0.4) is 0 Å². The van der Waals surface area contributed by atoms with Crippen LogP contribution in [0.1, 0.15) is 18.0 Å². The predicted octanol–water partition coefficient (Wildman–Crippen LogP) is 3.68. The minimum Gasteiger partial charge on any atom is -0.481 e. The highest BCUT2D eigenvalue weighted by atomic mass is 35.5. The van der Waals surface area contributed by atoms with Gasteiger partial charge in [0, 0.05) is 10.7 Å². The lowest BCUT2D eigenvalue weighted by Crippen LogP contribution is -2.33. The maximum Gasteiger partial charge on any atom is 0.319 e. The average molecular weight is 319 g/mol. The van der Waals surface area contributed by atoms with Crippen molar-refractivity contribution in [1.82, 2.24) is 5.32 Å². The maximum atomic E-state index is 12.0. The molecule has 0 aliphatic rings. The van der Waals surface area contributed by atoms with E-state index < -0.39 is 18.0 Å². The Kier molecular flexibility index (Phi) is 5.38. The molecule has 0 radical (unpaired) electrons. The van der Waals surface area contributed by atoms with E-state index in [1.807, 2.05) is 6.07 Å². The first-order chi connectivity index (χ1) is 10.5. The zero-order chi connectivity index (χ0) is 15.9. The molecule has 2 aromatic carbocycles. The van der Waals surface area contributed by atoms with Gasteiger partial charge in [-0.15, -0.1) is 0 Å². The van der Waals surface area contributed by atoms with E-state index in [0.717, 1.165) is 0 Å². The fourth-order valence-corrected chi connectivity index (χ4v) is 2.09. The molecule has 0 aliphatic carbocycles. The van der Waals surface area contributed by atoms with Crippen LogP contribution in [-0.4, -0.2) is 17.1 Å². The number of anilines is 1. The Bertz CT molecular complexity index is 644. The zero-order valence-electron chi connectivity index (χ0n) is 11.6. The topological polar surface area (TPSA) is 78.4 Å². The van der Waals surface area contributed by atoms with E-state index in [1.165, 1.54) is 0 Å². The lowest BCUT2D eigenvalue weighted by molar-refractivity contribution is -0.137. The molecule has 6 heteroatoms. The fraction of sp³-hybridized carbons (Fsp3) is 0.125. The minimum absolute atomic E-state index is 0.218. The van der Waals surface area contributed by atoms with Gasteiger partial charge in [-0.1, -0.05) is 41.9 Å². The molecule has 2 aromatic rings. The summed E-state index contributed by atoms with van der Waals surface area (Å²) in [5.74, 6) is -1.00. The van der Waals surface area contributed by atoms with Crippen LogP contribution in [0.25, 0.3) is 0 Å². The summed E-state index contributed by atoms with van der Waals surface area (Å²) in [5.41, 5.74) is 1.31. The van der Waals surface area contributed by atoms with Crippen molar-refractivity contribution < 1.29 is 14.7 Å². The van der Waals surface area contributed by atoms with Crippen LogP contribution in [-0.2, 0) is 4.79 Å². The second-order valence-electron chi connectivity index (χ2n) is 4.67. The molecule has 5 nitrogen and oxygen atoms in total. The van der Waals surface area contributed by atoms with Crippen molar-refractivity contribution in [2.75, 3.05) is 5.32 Å². The van der Waals surface area contributed by atoms with Gasteiger partial charge in [0.2, 0.25) is 0 Å². The van der Waals surface area contributed by atoms with Crippen molar-refractivity contribution in [1.29, 1.82) is 0 Å². The van der Waals surface area contributed by atoms with Gasteiger partial charge in [-0.3, -0.25) is 4.79 Å². The molecule has 0 saturated heterocycles. The van der Waals surface area contributed by atoms with Crippen molar-refractivity contribution in [3.05, 3.63) is 65.2 Å². The molecule has 114 valence electrons. The summed E-state index contributed by atoms with van der Waals surface area (Å²) < 4.78 is 0. The molecule has 2 amide bonds. The van der Waals surface area contributed by atoms with Crippen LogP contribution >= 0.6 is 11.6 Å². The number of amides is 2. The number of hydrogen-bond donors (Lipinski definition) is 3. The molecule has 0 aromatic heterocycles. The molecule has 0 spiro atoms. The number of nitrogens with one attached hydrogen (secondary N) is 2. The Hall–Kier alpha value is -2.53. The third-order valence-electron chi connectivity index (χ3n) is 2.99. The summed E-state index contributed by atoms with van der Waals surface area (Å²) in [5, 5.41) is 14.9. The van der Waals surface area contributed by atoms with Gasteiger partial charge in [0.05, 0.1) is 12.5 Å². The number of carbonyl (C=O) groups excluding carboxylic acids is 1. The van der Waals surface area contributed by atoms with Gasteiger partial charge in [0.15, 0.2) is 0 Å². The van der Waals surface area contributed by atoms with Crippen LogP contribution in [0.4, 0.5) is 10.5 Å². The van der Waals surface area contributed by atoms with Crippen LogP contribution in [0.5, 0.6) is 0 Å². The van der Waals surface area contributed by atoms with Crippen molar-refractivity contribution in [2.24, 2.45) is 0 Å². The van der Waals surface area contributed by atoms with Gasteiger partial charge >= 0.3 is 12.0 Å². The van der Waals surface area contributed by atoms with Gasteiger partial charge < -0.3 is 15.7 Å². The smallest absolute Gasteiger partial charge is 0.319 e. The van der Waals surface area contributed by atoms with E-state index in [2.05, 4.69) is 10.6 Å². The van der Waals surface area contributed by atoms with Crippen LogP contribution in [0, 0.1) is 0 Å². The lowest BCUT2D eigenvalue weighted by Gasteiger charge is -2.18. The summed E-state index contributed by atoms with van der Waals surface area (Å²) in [6.07, 6.45) is -0.218. The normalized spacial score (nSPS) is 11.5. The molecule has 2 rings (SSSR count). The largest absolute Gasteiger partial charge is 0.481 e. The second kappa shape index (κ2) is 7.47. The van der Waals surface area contributed by atoms with Gasteiger partial charge in [-0.2, -0.15) is 0 Å².